The van der Waals surface area contributed by atoms with Gasteiger partial charge in [0.05, 0.1) is 6.61 Å². The molecule has 1 aliphatic rings. The Balaban J connectivity index is 2.17. The highest BCUT2D eigenvalue weighted by Gasteiger charge is 2.45. The Morgan fingerprint density at radius 3 is 2.79 bits per heavy atom. The van der Waals surface area contributed by atoms with Gasteiger partial charge in [0.1, 0.15) is 24.9 Å². The summed E-state index contributed by atoms with van der Waals surface area (Å²) in [6, 6.07) is -0.0664. The van der Waals surface area contributed by atoms with Gasteiger partial charge in [-0.3, -0.25) is 9.78 Å². The molecule has 1 saturated heterocycles. The lowest BCUT2D eigenvalue weighted by Gasteiger charge is -2.18. The summed E-state index contributed by atoms with van der Waals surface area (Å²) in [6.45, 7) is 3.10. The topological polar surface area (TPSA) is 169 Å². The van der Waals surface area contributed by atoms with Crippen LogP contribution in [0.25, 0.3) is 11.2 Å². The van der Waals surface area contributed by atoms with E-state index in [1.807, 2.05) is 0 Å². The third-order valence-corrected chi connectivity index (χ3v) is 3.64. The number of hydrogen-bond donors (Lipinski definition) is 5. The Kier molecular flexibility index (Phi) is 4.24. The Bertz CT molecular complexity index is 817. The van der Waals surface area contributed by atoms with Crippen LogP contribution in [0.5, 0.6) is 6.01 Å². The Morgan fingerprint density at radius 2 is 2.17 bits per heavy atom. The number of imidazole rings is 1. The number of ether oxygens (including phenoxy) is 2. The van der Waals surface area contributed by atoms with Crippen molar-refractivity contribution in [2.45, 2.75) is 24.5 Å². The smallest absolute Gasteiger partial charge is 0.301 e. The molecule has 0 bridgehead atoms. The highest BCUT2D eigenvalue weighted by molar-refractivity contribution is 5.72. The van der Waals surface area contributed by atoms with E-state index in [0.29, 0.717) is 0 Å². The van der Waals surface area contributed by atoms with Crippen molar-refractivity contribution in [2.75, 3.05) is 18.9 Å². The number of aromatic amines is 1. The largest absolute Gasteiger partial charge is 0.460 e. The number of aliphatic hydroxyl groups excluding tert-OH is 3. The zero-order chi connectivity index (χ0) is 17.4. The number of nitrogens with one attached hydrogen (secondary N) is 1. The van der Waals surface area contributed by atoms with Gasteiger partial charge in [0.2, 0.25) is 5.95 Å². The summed E-state index contributed by atoms with van der Waals surface area (Å²) < 4.78 is 12.1. The molecule has 24 heavy (non-hydrogen) atoms. The molecule has 1 aliphatic heterocycles. The van der Waals surface area contributed by atoms with Gasteiger partial charge in [0.15, 0.2) is 17.4 Å². The number of anilines is 1. The third-order valence-electron chi connectivity index (χ3n) is 3.64. The number of hydrogen-bond acceptors (Lipinski definition) is 9. The molecule has 2 aromatic rings. The van der Waals surface area contributed by atoms with E-state index in [4.69, 9.17) is 15.2 Å². The molecule has 0 amide bonds. The van der Waals surface area contributed by atoms with Gasteiger partial charge < -0.3 is 30.5 Å². The van der Waals surface area contributed by atoms with Gasteiger partial charge in [-0.2, -0.15) is 9.97 Å². The van der Waals surface area contributed by atoms with Gasteiger partial charge in [0.25, 0.3) is 5.56 Å². The molecule has 3 heterocycles. The Morgan fingerprint density at radius 1 is 1.42 bits per heavy atom. The lowest BCUT2D eigenvalue weighted by atomic mass is 10.1. The van der Waals surface area contributed by atoms with Crippen LogP contribution >= 0.6 is 0 Å². The molecule has 0 unspecified atom stereocenters. The van der Waals surface area contributed by atoms with E-state index in [1.165, 1.54) is 10.6 Å². The fourth-order valence-corrected chi connectivity index (χ4v) is 2.54. The van der Waals surface area contributed by atoms with Gasteiger partial charge in [0, 0.05) is 0 Å². The summed E-state index contributed by atoms with van der Waals surface area (Å²) in [5.74, 6) is -0.157. The highest BCUT2D eigenvalue weighted by Crippen LogP contribution is 2.34. The highest BCUT2D eigenvalue weighted by atomic mass is 16.6. The predicted octanol–water partition coefficient (Wildman–Crippen LogP) is -2.12. The zero-order valence-electron chi connectivity index (χ0n) is 12.5. The molecule has 11 heteroatoms. The van der Waals surface area contributed by atoms with Gasteiger partial charge in [-0.1, -0.05) is 12.7 Å². The van der Waals surface area contributed by atoms with Crippen molar-refractivity contribution in [3.05, 3.63) is 23.0 Å². The fourth-order valence-electron chi connectivity index (χ4n) is 2.54. The van der Waals surface area contributed by atoms with Crippen LogP contribution in [0.1, 0.15) is 6.23 Å². The Labute approximate surface area is 135 Å². The summed E-state index contributed by atoms with van der Waals surface area (Å²) in [7, 11) is 0. The van der Waals surface area contributed by atoms with Crippen LogP contribution in [0.4, 0.5) is 5.95 Å². The van der Waals surface area contributed by atoms with Crippen LogP contribution in [0, 0.1) is 0 Å². The number of nitrogens with zero attached hydrogens (tertiary/aromatic N) is 3. The number of nitrogen functional groups attached to an aromatic ring is 1. The SMILES string of the molecule is C=CCOc1nc2c(=O)[nH]c(N)nc2n1[C@@H]1O[C@H](CO)[C@@H](O)[C@H]1O. The average Bonchev–Trinajstić information content (AvgIpc) is 3.04. The van der Waals surface area contributed by atoms with Crippen LogP contribution in [0.15, 0.2) is 17.4 Å². The summed E-state index contributed by atoms with van der Waals surface area (Å²) in [5, 5.41) is 29.4. The van der Waals surface area contributed by atoms with Crippen LogP contribution in [-0.2, 0) is 4.74 Å². The van der Waals surface area contributed by atoms with Crippen molar-refractivity contribution in [2.24, 2.45) is 0 Å². The van der Waals surface area contributed by atoms with E-state index in [9.17, 15) is 20.1 Å². The molecule has 6 N–H and O–H groups in total. The lowest BCUT2D eigenvalue weighted by Crippen LogP contribution is -2.33. The molecular formula is C13H17N5O6. The predicted molar refractivity (Wildman–Crippen MR) is 81.3 cm³/mol. The minimum absolute atomic E-state index is 0.0187. The molecule has 3 rings (SSSR count). The molecule has 1 fully saturated rings. The molecule has 0 saturated carbocycles. The number of rotatable bonds is 5. The van der Waals surface area contributed by atoms with Crippen molar-refractivity contribution in [3.63, 3.8) is 0 Å². The number of H-pyrrole nitrogens is 1. The van der Waals surface area contributed by atoms with Crippen molar-refractivity contribution in [1.29, 1.82) is 0 Å². The second kappa shape index (κ2) is 6.20. The van der Waals surface area contributed by atoms with Crippen LogP contribution in [0.2, 0.25) is 0 Å². The Hall–Kier alpha value is -2.47. The molecule has 0 aliphatic carbocycles. The number of aliphatic hydroxyl groups is 3. The normalized spacial score (nSPS) is 26.8. The number of nitrogens with two attached hydrogens (primary N) is 1. The average molecular weight is 339 g/mol. The van der Waals surface area contributed by atoms with Crippen LogP contribution < -0.4 is 16.0 Å². The van der Waals surface area contributed by atoms with E-state index in [-0.39, 0.29) is 29.7 Å². The first-order valence-electron chi connectivity index (χ1n) is 7.11. The van der Waals surface area contributed by atoms with E-state index in [2.05, 4.69) is 21.5 Å². The van der Waals surface area contributed by atoms with Crippen molar-refractivity contribution < 1.29 is 24.8 Å². The minimum Gasteiger partial charge on any atom is -0.460 e. The van der Waals surface area contributed by atoms with Crippen LogP contribution in [-0.4, -0.2) is 66.4 Å². The lowest BCUT2D eigenvalue weighted by molar-refractivity contribution is -0.0540. The maximum atomic E-state index is 12.0. The van der Waals surface area contributed by atoms with Crippen molar-refractivity contribution >= 4 is 17.1 Å². The molecule has 0 spiro atoms. The van der Waals surface area contributed by atoms with Gasteiger partial charge in [-0.25, -0.2) is 4.57 Å². The quantitative estimate of drug-likeness (QED) is 0.382. The fraction of sp³-hybridized carbons (Fsp3) is 0.462. The van der Waals surface area contributed by atoms with E-state index in [1.54, 1.807) is 0 Å². The number of fused-ring (bicyclic) bond motifs is 1. The maximum Gasteiger partial charge on any atom is 0.301 e. The third kappa shape index (κ3) is 2.53. The van der Waals surface area contributed by atoms with Gasteiger partial charge >= 0.3 is 6.01 Å². The second-order valence-electron chi connectivity index (χ2n) is 5.22. The van der Waals surface area contributed by atoms with Crippen molar-refractivity contribution in [3.8, 4) is 6.01 Å². The maximum absolute atomic E-state index is 12.0. The molecular weight excluding hydrogens is 322 g/mol. The molecule has 4 atom stereocenters. The summed E-state index contributed by atoms with van der Waals surface area (Å²) >= 11 is 0. The van der Waals surface area contributed by atoms with E-state index in [0.717, 1.165) is 0 Å². The second-order valence-corrected chi connectivity index (χ2v) is 5.22. The zero-order valence-corrected chi connectivity index (χ0v) is 12.5. The monoisotopic (exact) mass is 339 g/mol. The first kappa shape index (κ1) is 16.4. The summed E-state index contributed by atoms with van der Waals surface area (Å²) in [6.07, 6.45) is -3.44. The molecule has 130 valence electrons. The molecule has 2 aromatic heterocycles. The summed E-state index contributed by atoms with van der Waals surface area (Å²) in [4.78, 5) is 22.4. The van der Waals surface area contributed by atoms with Crippen molar-refractivity contribution in [1.82, 2.24) is 19.5 Å². The first-order valence-corrected chi connectivity index (χ1v) is 7.11. The molecule has 0 aromatic carbocycles. The minimum atomic E-state index is -1.40. The summed E-state index contributed by atoms with van der Waals surface area (Å²) in [5.41, 5.74) is 4.92. The molecule has 0 radical (unpaired) electrons. The van der Waals surface area contributed by atoms with Crippen LogP contribution in [0.3, 0.4) is 0 Å². The van der Waals surface area contributed by atoms with Gasteiger partial charge in [-0.15, -0.1) is 0 Å². The first-order chi connectivity index (χ1) is 11.5. The molecule has 11 nitrogen and oxygen atoms in total. The number of aromatic nitrogens is 4. The van der Waals surface area contributed by atoms with E-state index < -0.39 is 36.7 Å². The van der Waals surface area contributed by atoms with E-state index >= 15 is 0 Å². The standard InChI is InChI=1S/C13H17N5O6/c1-2-3-23-13-15-6-9(16-12(14)17-10(6)22)18(13)11-8(21)7(20)5(4-19)24-11/h2,5,7-8,11,19-21H,1,3-4H2,(H3,14,16,17,22)/t5-,7-,8-,11-/m1/s1. The van der Waals surface area contributed by atoms with Gasteiger partial charge in [-0.05, 0) is 0 Å².